The number of benzene rings is 3. The van der Waals surface area contributed by atoms with Crippen molar-refractivity contribution in [2.45, 2.75) is 17.9 Å². The summed E-state index contributed by atoms with van der Waals surface area (Å²) in [5.74, 6) is 0. The molecule has 3 aromatic carbocycles. The molecule has 2 heteroatoms. The van der Waals surface area contributed by atoms with Crippen LogP contribution in [0.3, 0.4) is 0 Å². The molecule has 1 N–H and O–H groups in total. The van der Waals surface area contributed by atoms with Gasteiger partial charge in [-0.15, -0.1) is 0 Å². The maximum Gasteiger partial charge on any atom is 0.0669 e. The van der Waals surface area contributed by atoms with Gasteiger partial charge in [0, 0.05) is 11.1 Å². The predicted molar refractivity (Wildman–Crippen MR) is 105 cm³/mol. The number of halogens is 1. The molecule has 1 nitrogen and oxygen atoms in total. The molecule has 0 aliphatic carbocycles. The second-order valence-corrected chi connectivity index (χ2v) is 6.78. The van der Waals surface area contributed by atoms with Crippen LogP contribution in [0.25, 0.3) is 0 Å². The fourth-order valence-electron chi connectivity index (χ4n) is 4.01. The van der Waals surface area contributed by atoms with Crippen LogP contribution < -0.4 is 5.32 Å². The summed E-state index contributed by atoms with van der Waals surface area (Å²) >= 11 is 6.74. The third kappa shape index (κ3) is 2.65. The minimum Gasteiger partial charge on any atom is -0.387 e. The lowest BCUT2D eigenvalue weighted by Gasteiger charge is -2.41. The van der Waals surface area contributed by atoms with Crippen LogP contribution in [0.4, 0.5) is 0 Å². The molecule has 1 aliphatic heterocycles. The Morgan fingerprint density at radius 2 is 1.32 bits per heavy atom. The van der Waals surface area contributed by atoms with Crippen molar-refractivity contribution in [3.8, 4) is 0 Å². The van der Waals surface area contributed by atoms with E-state index in [1.165, 1.54) is 11.1 Å². The number of rotatable bonds is 4. The minimum atomic E-state index is -0.357. The Morgan fingerprint density at radius 3 is 1.84 bits per heavy atom. The maximum atomic E-state index is 6.74. The zero-order chi connectivity index (χ0) is 17.1. The lowest BCUT2D eigenvalue weighted by atomic mass is 9.64. The molecule has 3 aromatic rings. The molecule has 0 spiro atoms. The van der Waals surface area contributed by atoms with E-state index in [0.29, 0.717) is 0 Å². The highest BCUT2D eigenvalue weighted by atomic mass is 35.5. The molecule has 0 saturated carbocycles. The van der Waals surface area contributed by atoms with Gasteiger partial charge in [-0.1, -0.05) is 96.5 Å². The van der Waals surface area contributed by atoms with Crippen molar-refractivity contribution in [3.05, 3.63) is 119 Å². The Morgan fingerprint density at radius 1 is 0.760 bits per heavy atom. The molecule has 0 bridgehead atoms. The van der Waals surface area contributed by atoms with E-state index >= 15 is 0 Å². The first kappa shape index (κ1) is 16.0. The molecule has 0 aromatic heterocycles. The number of hydrogen-bond donors (Lipinski definition) is 1. The van der Waals surface area contributed by atoms with Gasteiger partial charge in [0.1, 0.15) is 0 Å². The smallest absolute Gasteiger partial charge is 0.0669 e. The molecule has 0 radical (unpaired) electrons. The van der Waals surface area contributed by atoms with E-state index in [9.17, 15) is 0 Å². The molecule has 1 heterocycles. The van der Waals surface area contributed by atoms with Crippen LogP contribution in [0.1, 0.15) is 23.1 Å². The summed E-state index contributed by atoms with van der Waals surface area (Å²) < 4.78 is 0. The van der Waals surface area contributed by atoms with Gasteiger partial charge in [0.2, 0.25) is 0 Å². The predicted octanol–water partition coefficient (Wildman–Crippen LogP) is 5.55. The average Bonchev–Trinajstić information content (AvgIpc) is 3.21. The largest absolute Gasteiger partial charge is 0.387 e. The molecule has 0 fully saturated rings. The Kier molecular flexibility index (Phi) is 4.33. The van der Waals surface area contributed by atoms with Gasteiger partial charge in [0.15, 0.2) is 0 Å². The van der Waals surface area contributed by atoms with Gasteiger partial charge in [-0.3, -0.25) is 0 Å². The van der Waals surface area contributed by atoms with Gasteiger partial charge in [-0.2, -0.15) is 0 Å². The monoisotopic (exact) mass is 345 g/mol. The molecule has 124 valence electrons. The summed E-state index contributed by atoms with van der Waals surface area (Å²) in [6.45, 7) is 0. The van der Waals surface area contributed by atoms with Gasteiger partial charge in [-0.05, 0) is 35.4 Å². The van der Waals surface area contributed by atoms with E-state index in [0.717, 1.165) is 17.0 Å². The third-order valence-corrected chi connectivity index (χ3v) is 5.40. The van der Waals surface area contributed by atoms with Crippen LogP contribution in [0.15, 0.2) is 97.2 Å². The zero-order valence-corrected chi connectivity index (χ0v) is 14.7. The van der Waals surface area contributed by atoms with Crippen molar-refractivity contribution in [3.63, 3.8) is 0 Å². The van der Waals surface area contributed by atoms with Crippen molar-refractivity contribution in [2.24, 2.45) is 0 Å². The molecule has 4 rings (SSSR count). The van der Waals surface area contributed by atoms with Crippen molar-refractivity contribution >= 4 is 11.6 Å². The first-order chi connectivity index (χ1) is 12.3. The highest BCUT2D eigenvalue weighted by Gasteiger charge is 2.45. The Bertz CT molecular complexity index is 823. The molecule has 0 amide bonds. The molecular weight excluding hydrogens is 326 g/mol. The van der Waals surface area contributed by atoms with E-state index in [1.807, 2.05) is 12.1 Å². The second-order valence-electron chi connectivity index (χ2n) is 6.38. The summed E-state index contributed by atoms with van der Waals surface area (Å²) in [5, 5.41) is 4.38. The molecule has 0 saturated heterocycles. The van der Waals surface area contributed by atoms with Gasteiger partial charge in [-0.25, -0.2) is 0 Å². The van der Waals surface area contributed by atoms with Crippen LogP contribution in [0, 0.1) is 0 Å². The topological polar surface area (TPSA) is 12.0 Å². The van der Waals surface area contributed by atoms with Crippen LogP contribution in [-0.2, 0) is 5.41 Å². The average molecular weight is 346 g/mol. The fraction of sp³-hybridized carbons (Fsp3) is 0.130. The van der Waals surface area contributed by atoms with Gasteiger partial charge in [0.25, 0.3) is 0 Å². The van der Waals surface area contributed by atoms with E-state index in [2.05, 4.69) is 90.4 Å². The molecule has 1 atom stereocenters. The Labute approximate surface area is 154 Å². The first-order valence-corrected chi connectivity index (χ1v) is 8.98. The quantitative estimate of drug-likeness (QED) is 0.611. The van der Waals surface area contributed by atoms with Gasteiger partial charge >= 0.3 is 0 Å². The van der Waals surface area contributed by atoms with Gasteiger partial charge in [0.05, 0.1) is 5.41 Å². The highest BCUT2D eigenvalue weighted by molar-refractivity contribution is 6.31. The first-order valence-electron chi connectivity index (χ1n) is 8.60. The summed E-state index contributed by atoms with van der Waals surface area (Å²) in [6.07, 6.45) is 5.21. The third-order valence-electron chi connectivity index (χ3n) is 5.07. The molecule has 1 aliphatic rings. The standard InChI is InChI=1S/C23H20ClN/c24-21-15-8-7-14-20(21)23(22-16-9-17-25-22,18-10-3-1-4-11-18)19-12-5-2-6-13-19/h1-15,17,22,25H,16H2. The van der Waals surface area contributed by atoms with Crippen LogP contribution >= 0.6 is 11.6 Å². The van der Waals surface area contributed by atoms with Crippen molar-refractivity contribution in [2.75, 3.05) is 0 Å². The maximum absolute atomic E-state index is 6.74. The normalized spacial score (nSPS) is 16.6. The highest BCUT2D eigenvalue weighted by Crippen LogP contribution is 2.46. The van der Waals surface area contributed by atoms with Crippen LogP contribution in [-0.4, -0.2) is 6.04 Å². The van der Waals surface area contributed by atoms with E-state index in [4.69, 9.17) is 11.6 Å². The number of nitrogens with one attached hydrogen (secondary N) is 1. The summed E-state index contributed by atoms with van der Waals surface area (Å²) in [7, 11) is 0. The molecule has 1 unspecified atom stereocenters. The van der Waals surface area contributed by atoms with Crippen LogP contribution in [0.5, 0.6) is 0 Å². The second kappa shape index (κ2) is 6.78. The Balaban J connectivity index is 2.07. The molecular formula is C23H20ClN. The fourth-order valence-corrected chi connectivity index (χ4v) is 4.29. The van der Waals surface area contributed by atoms with Crippen molar-refractivity contribution < 1.29 is 0 Å². The van der Waals surface area contributed by atoms with E-state index < -0.39 is 0 Å². The summed E-state index contributed by atoms with van der Waals surface area (Å²) in [4.78, 5) is 0. The lowest BCUT2D eigenvalue weighted by Crippen LogP contribution is -2.47. The van der Waals surface area contributed by atoms with Gasteiger partial charge < -0.3 is 5.32 Å². The van der Waals surface area contributed by atoms with Crippen molar-refractivity contribution in [1.82, 2.24) is 5.32 Å². The zero-order valence-electron chi connectivity index (χ0n) is 13.9. The Hall–Kier alpha value is -2.51. The lowest BCUT2D eigenvalue weighted by molar-refractivity contribution is 0.446. The van der Waals surface area contributed by atoms with Crippen LogP contribution in [0.2, 0.25) is 5.02 Å². The molecule has 25 heavy (non-hydrogen) atoms. The van der Waals surface area contributed by atoms with E-state index in [1.54, 1.807) is 0 Å². The summed E-state index contributed by atoms with van der Waals surface area (Å²) in [6, 6.07) is 29.8. The SMILES string of the molecule is Clc1ccccc1C(c1ccccc1)(c1ccccc1)C1CC=CN1. The summed E-state index contributed by atoms with van der Waals surface area (Å²) in [5.41, 5.74) is 3.27. The van der Waals surface area contributed by atoms with Crippen molar-refractivity contribution in [1.29, 1.82) is 0 Å². The minimum absolute atomic E-state index is 0.206. The van der Waals surface area contributed by atoms with E-state index in [-0.39, 0.29) is 11.5 Å². The number of hydrogen-bond acceptors (Lipinski definition) is 1.